The number of hydrogen-bond acceptors (Lipinski definition) is 5. The molecule has 20 heavy (non-hydrogen) atoms. The van der Waals surface area contributed by atoms with Gasteiger partial charge in [0.1, 0.15) is 4.90 Å². The molecule has 1 aliphatic heterocycles. The van der Waals surface area contributed by atoms with Crippen LogP contribution < -0.4 is 0 Å². The van der Waals surface area contributed by atoms with Crippen LogP contribution in [0.25, 0.3) is 0 Å². The Hall–Kier alpha value is -1.64. The third-order valence-corrected chi connectivity index (χ3v) is 5.20. The maximum Gasteiger partial charge on any atom is 0.244 e. The van der Waals surface area contributed by atoms with Crippen molar-refractivity contribution < 1.29 is 13.2 Å². The molecular formula is C12H10ClN3O3S. The largest absolute Gasteiger partial charge is 0.361 e. The van der Waals surface area contributed by atoms with Crippen LogP contribution in [0.3, 0.4) is 0 Å². The van der Waals surface area contributed by atoms with Crippen molar-refractivity contribution in [1.29, 1.82) is 10.5 Å². The minimum absolute atomic E-state index is 0.0454. The van der Waals surface area contributed by atoms with E-state index in [1.165, 1.54) is 18.2 Å². The Bertz CT molecular complexity index is 706. The molecule has 0 N–H and O–H groups in total. The lowest BCUT2D eigenvalue weighted by molar-refractivity contribution is 0.0311. The highest BCUT2D eigenvalue weighted by molar-refractivity contribution is 7.89. The highest BCUT2D eigenvalue weighted by Crippen LogP contribution is 2.26. The van der Waals surface area contributed by atoms with E-state index in [4.69, 9.17) is 26.9 Å². The first kappa shape index (κ1) is 14.8. The van der Waals surface area contributed by atoms with E-state index in [1.807, 2.05) is 12.1 Å². The minimum Gasteiger partial charge on any atom is -0.361 e. The topological polar surface area (TPSA) is 94.2 Å². The Morgan fingerprint density at radius 1 is 1.40 bits per heavy atom. The molecule has 0 amide bonds. The highest BCUT2D eigenvalue weighted by atomic mass is 35.5. The number of rotatable bonds is 2. The summed E-state index contributed by atoms with van der Waals surface area (Å²) >= 11 is 5.92. The van der Waals surface area contributed by atoms with E-state index < -0.39 is 16.1 Å². The number of morpholine rings is 1. The first-order valence-corrected chi connectivity index (χ1v) is 7.52. The number of nitriles is 2. The quantitative estimate of drug-likeness (QED) is 0.816. The molecule has 1 aromatic rings. The first-order chi connectivity index (χ1) is 9.48. The molecule has 1 saturated heterocycles. The number of sulfonamides is 1. The second-order valence-electron chi connectivity index (χ2n) is 4.11. The SMILES string of the molecule is N#Cc1ccc(Cl)c(S(=O)(=O)N2CCOC(C#N)C2)c1. The molecule has 104 valence electrons. The summed E-state index contributed by atoms with van der Waals surface area (Å²) in [5.41, 5.74) is 0.207. The monoisotopic (exact) mass is 311 g/mol. The van der Waals surface area contributed by atoms with Crippen LogP contribution in [0.15, 0.2) is 23.1 Å². The van der Waals surface area contributed by atoms with Gasteiger partial charge < -0.3 is 4.74 Å². The average molecular weight is 312 g/mol. The molecule has 0 spiro atoms. The summed E-state index contributed by atoms with van der Waals surface area (Å²) in [5.74, 6) is 0. The number of ether oxygens (including phenoxy) is 1. The molecule has 1 aromatic carbocycles. The van der Waals surface area contributed by atoms with Crippen LogP contribution in [-0.4, -0.2) is 38.5 Å². The fourth-order valence-electron chi connectivity index (χ4n) is 1.83. The molecule has 1 heterocycles. The number of nitrogens with zero attached hydrogens (tertiary/aromatic N) is 3. The summed E-state index contributed by atoms with van der Waals surface area (Å²) in [6, 6.07) is 7.80. The van der Waals surface area contributed by atoms with Gasteiger partial charge in [-0.2, -0.15) is 14.8 Å². The van der Waals surface area contributed by atoms with Crippen molar-refractivity contribution in [2.45, 2.75) is 11.0 Å². The second-order valence-corrected chi connectivity index (χ2v) is 6.42. The molecule has 8 heteroatoms. The van der Waals surface area contributed by atoms with Crippen molar-refractivity contribution >= 4 is 21.6 Å². The Morgan fingerprint density at radius 3 is 2.80 bits per heavy atom. The molecule has 2 rings (SSSR count). The first-order valence-electron chi connectivity index (χ1n) is 5.70. The van der Waals surface area contributed by atoms with Crippen LogP contribution in [-0.2, 0) is 14.8 Å². The summed E-state index contributed by atoms with van der Waals surface area (Å²) in [5, 5.41) is 17.7. The van der Waals surface area contributed by atoms with Gasteiger partial charge in [0.05, 0.1) is 35.9 Å². The minimum atomic E-state index is -3.85. The molecule has 0 aliphatic carbocycles. The fraction of sp³-hybridized carbons (Fsp3) is 0.333. The molecule has 6 nitrogen and oxygen atoms in total. The molecular weight excluding hydrogens is 302 g/mol. The predicted octanol–water partition coefficient (Wildman–Crippen LogP) is 1.12. The maximum absolute atomic E-state index is 12.5. The van der Waals surface area contributed by atoms with Gasteiger partial charge in [-0.3, -0.25) is 0 Å². The van der Waals surface area contributed by atoms with Crippen LogP contribution >= 0.6 is 11.6 Å². The number of benzene rings is 1. The van der Waals surface area contributed by atoms with E-state index in [0.717, 1.165) is 4.31 Å². The van der Waals surface area contributed by atoms with Gasteiger partial charge in [0.15, 0.2) is 6.10 Å². The Kier molecular flexibility index (Phi) is 4.26. The lowest BCUT2D eigenvalue weighted by atomic mass is 10.2. The van der Waals surface area contributed by atoms with Crippen molar-refractivity contribution in [3.63, 3.8) is 0 Å². The van der Waals surface area contributed by atoms with Crippen molar-refractivity contribution in [2.75, 3.05) is 19.7 Å². The van der Waals surface area contributed by atoms with Gasteiger partial charge in [0.25, 0.3) is 0 Å². The van der Waals surface area contributed by atoms with Crippen molar-refractivity contribution in [1.82, 2.24) is 4.31 Å². The van der Waals surface area contributed by atoms with E-state index in [9.17, 15) is 8.42 Å². The Balaban J connectivity index is 2.41. The fourth-order valence-corrected chi connectivity index (χ4v) is 3.76. The van der Waals surface area contributed by atoms with Crippen LogP contribution in [0, 0.1) is 22.7 Å². The standard InChI is InChI=1S/C12H10ClN3O3S/c13-11-2-1-9(6-14)5-12(11)20(17,18)16-3-4-19-10(7-15)8-16/h1-2,5,10H,3-4,8H2. The lowest BCUT2D eigenvalue weighted by Crippen LogP contribution is -2.45. The zero-order valence-corrected chi connectivity index (χ0v) is 11.9. The summed E-state index contributed by atoms with van der Waals surface area (Å²) < 4.78 is 31.3. The van der Waals surface area contributed by atoms with Gasteiger partial charge in [0, 0.05) is 6.54 Å². The predicted molar refractivity (Wildman–Crippen MR) is 70.3 cm³/mol. The summed E-state index contributed by atoms with van der Waals surface area (Å²) in [7, 11) is -3.85. The highest BCUT2D eigenvalue weighted by Gasteiger charge is 2.32. The molecule has 1 atom stereocenters. The van der Waals surface area contributed by atoms with Gasteiger partial charge in [-0.05, 0) is 18.2 Å². The number of halogens is 1. The van der Waals surface area contributed by atoms with Gasteiger partial charge in [0.2, 0.25) is 10.0 Å². The van der Waals surface area contributed by atoms with Gasteiger partial charge in [-0.25, -0.2) is 8.42 Å². The normalized spacial score (nSPS) is 20.1. The zero-order valence-electron chi connectivity index (χ0n) is 10.3. The molecule has 0 bridgehead atoms. The smallest absolute Gasteiger partial charge is 0.244 e. The average Bonchev–Trinajstić information content (AvgIpc) is 2.47. The molecule has 0 radical (unpaired) electrons. The molecule has 1 unspecified atom stereocenters. The van der Waals surface area contributed by atoms with Crippen molar-refractivity contribution in [3.8, 4) is 12.1 Å². The summed E-state index contributed by atoms with van der Waals surface area (Å²) in [6.07, 6.45) is -0.795. The molecule has 0 aromatic heterocycles. The van der Waals surface area contributed by atoms with Gasteiger partial charge in [-0.1, -0.05) is 11.6 Å². The molecule has 0 saturated carbocycles. The van der Waals surface area contributed by atoms with E-state index in [2.05, 4.69) is 0 Å². The van der Waals surface area contributed by atoms with E-state index >= 15 is 0 Å². The Morgan fingerprint density at radius 2 is 2.15 bits per heavy atom. The third kappa shape index (κ3) is 2.77. The van der Waals surface area contributed by atoms with Crippen molar-refractivity contribution in [2.24, 2.45) is 0 Å². The lowest BCUT2D eigenvalue weighted by Gasteiger charge is -2.29. The summed E-state index contributed by atoms with van der Waals surface area (Å²) in [6.45, 7) is 0.243. The van der Waals surface area contributed by atoms with Crippen LogP contribution in [0.2, 0.25) is 5.02 Å². The van der Waals surface area contributed by atoms with Crippen LogP contribution in [0.5, 0.6) is 0 Å². The van der Waals surface area contributed by atoms with E-state index in [1.54, 1.807) is 0 Å². The van der Waals surface area contributed by atoms with Crippen LogP contribution in [0.4, 0.5) is 0 Å². The number of hydrogen-bond donors (Lipinski definition) is 0. The summed E-state index contributed by atoms with van der Waals surface area (Å²) in [4.78, 5) is -0.128. The Labute approximate surface area is 121 Å². The van der Waals surface area contributed by atoms with Crippen LogP contribution in [0.1, 0.15) is 5.56 Å². The van der Waals surface area contributed by atoms with E-state index in [0.29, 0.717) is 0 Å². The van der Waals surface area contributed by atoms with E-state index in [-0.39, 0.29) is 35.2 Å². The molecule has 1 aliphatic rings. The van der Waals surface area contributed by atoms with Gasteiger partial charge >= 0.3 is 0 Å². The van der Waals surface area contributed by atoms with Gasteiger partial charge in [-0.15, -0.1) is 0 Å². The second kappa shape index (κ2) is 5.78. The van der Waals surface area contributed by atoms with Crippen molar-refractivity contribution in [3.05, 3.63) is 28.8 Å². The third-order valence-electron chi connectivity index (χ3n) is 2.85. The molecule has 1 fully saturated rings. The zero-order chi connectivity index (χ0) is 14.8. The maximum atomic E-state index is 12.5.